The molecule has 0 heterocycles. The molecule has 1 aliphatic rings. The SMILES string of the molecule is COc1ccc(CN(C(=O)CN(c2cc(Cl)ccc2OC)S(=O)(=O)c2ccc(C)c([N+](=O)[O-])c2)[C@@H](C)C(=O)NC2CCCCC2)cc1. The summed E-state index contributed by atoms with van der Waals surface area (Å²) < 4.78 is 40.1. The number of halogens is 1. The third-order valence-corrected chi connectivity index (χ3v) is 10.3. The predicted octanol–water partition coefficient (Wildman–Crippen LogP) is 5.64. The number of carbonyl (C=O) groups is 2. The third-order valence-electron chi connectivity index (χ3n) is 8.28. The summed E-state index contributed by atoms with van der Waals surface area (Å²) in [5.41, 5.74) is 0.491. The van der Waals surface area contributed by atoms with Crippen molar-refractivity contribution in [3.63, 3.8) is 0 Å². The number of ether oxygens (including phenoxy) is 2. The van der Waals surface area contributed by atoms with Crippen molar-refractivity contribution < 1.29 is 32.4 Å². The lowest BCUT2D eigenvalue weighted by molar-refractivity contribution is -0.385. The molecular weight excluding hydrogens is 648 g/mol. The van der Waals surface area contributed by atoms with Crippen LogP contribution in [0.4, 0.5) is 11.4 Å². The molecule has 0 saturated heterocycles. The van der Waals surface area contributed by atoms with Gasteiger partial charge in [-0.05, 0) is 68.7 Å². The Morgan fingerprint density at radius 2 is 1.70 bits per heavy atom. The van der Waals surface area contributed by atoms with Gasteiger partial charge in [-0.2, -0.15) is 0 Å². The van der Waals surface area contributed by atoms with Crippen molar-refractivity contribution in [2.24, 2.45) is 0 Å². The lowest BCUT2D eigenvalue weighted by Gasteiger charge is -2.33. The number of carbonyl (C=O) groups excluding carboxylic acids is 2. The normalized spacial score (nSPS) is 14.1. The van der Waals surface area contributed by atoms with Crippen LogP contribution in [0.15, 0.2) is 65.6 Å². The lowest BCUT2D eigenvalue weighted by Crippen LogP contribution is -2.53. The molecule has 0 aromatic heterocycles. The molecule has 47 heavy (non-hydrogen) atoms. The number of anilines is 1. The van der Waals surface area contributed by atoms with E-state index in [-0.39, 0.29) is 40.5 Å². The minimum atomic E-state index is -4.63. The Labute approximate surface area is 279 Å². The van der Waals surface area contributed by atoms with Crippen LogP contribution in [0.1, 0.15) is 50.2 Å². The molecule has 0 unspecified atom stereocenters. The Balaban J connectivity index is 1.77. The van der Waals surface area contributed by atoms with Gasteiger partial charge in [0.1, 0.15) is 24.1 Å². The zero-order chi connectivity index (χ0) is 34.3. The van der Waals surface area contributed by atoms with Crippen LogP contribution >= 0.6 is 11.6 Å². The second kappa shape index (κ2) is 15.5. The number of hydrogen-bond acceptors (Lipinski definition) is 8. The van der Waals surface area contributed by atoms with Crippen LogP contribution in [0.25, 0.3) is 0 Å². The maximum absolute atomic E-state index is 14.3. The molecule has 252 valence electrons. The average Bonchev–Trinajstić information content (AvgIpc) is 3.06. The molecule has 0 bridgehead atoms. The summed E-state index contributed by atoms with van der Waals surface area (Å²) in [5, 5.41) is 14.9. The molecule has 12 nitrogen and oxygen atoms in total. The molecule has 0 spiro atoms. The van der Waals surface area contributed by atoms with Gasteiger partial charge in [0, 0.05) is 29.2 Å². The second-order valence-electron chi connectivity index (χ2n) is 11.4. The van der Waals surface area contributed by atoms with Crippen LogP contribution in [0, 0.1) is 17.0 Å². The van der Waals surface area contributed by atoms with Crippen molar-refractivity contribution >= 4 is 44.8 Å². The van der Waals surface area contributed by atoms with E-state index in [1.165, 1.54) is 56.4 Å². The summed E-state index contributed by atoms with van der Waals surface area (Å²) in [6, 6.07) is 13.8. The molecule has 4 rings (SSSR count). The number of hydrogen-bond donors (Lipinski definition) is 1. The van der Waals surface area contributed by atoms with E-state index in [9.17, 15) is 28.1 Å². The highest BCUT2D eigenvalue weighted by molar-refractivity contribution is 7.92. The Kier molecular flexibility index (Phi) is 11.7. The summed E-state index contributed by atoms with van der Waals surface area (Å²) in [5.74, 6) is -0.355. The zero-order valence-electron chi connectivity index (χ0n) is 26.8. The molecular formula is C33H39ClN4O8S. The highest BCUT2D eigenvalue weighted by atomic mass is 35.5. The van der Waals surface area contributed by atoms with Gasteiger partial charge < -0.3 is 19.7 Å². The number of sulfonamides is 1. The zero-order valence-corrected chi connectivity index (χ0v) is 28.3. The smallest absolute Gasteiger partial charge is 0.273 e. The number of nitro benzene ring substituents is 1. The number of nitro groups is 1. The molecule has 3 aromatic carbocycles. The number of nitrogens with one attached hydrogen (secondary N) is 1. The monoisotopic (exact) mass is 686 g/mol. The van der Waals surface area contributed by atoms with Crippen LogP contribution in [0.5, 0.6) is 11.5 Å². The van der Waals surface area contributed by atoms with Gasteiger partial charge in [-0.25, -0.2) is 8.42 Å². The Bertz CT molecular complexity index is 1710. The Hall–Kier alpha value is -4.36. The molecule has 14 heteroatoms. The first-order valence-electron chi connectivity index (χ1n) is 15.2. The van der Waals surface area contributed by atoms with E-state index in [4.69, 9.17) is 21.1 Å². The predicted molar refractivity (Wildman–Crippen MR) is 178 cm³/mol. The number of nitrogens with zero attached hydrogens (tertiary/aromatic N) is 3. The first kappa shape index (κ1) is 35.5. The maximum Gasteiger partial charge on any atom is 0.273 e. The fourth-order valence-electron chi connectivity index (χ4n) is 5.52. The molecule has 0 aliphatic heterocycles. The van der Waals surface area contributed by atoms with E-state index in [1.807, 2.05) is 0 Å². The van der Waals surface area contributed by atoms with E-state index in [0.717, 1.165) is 42.5 Å². The molecule has 1 aliphatic carbocycles. The van der Waals surface area contributed by atoms with Gasteiger partial charge in [0.2, 0.25) is 11.8 Å². The molecule has 3 aromatic rings. The van der Waals surface area contributed by atoms with Crippen LogP contribution in [-0.4, -0.2) is 62.9 Å². The lowest BCUT2D eigenvalue weighted by atomic mass is 9.95. The van der Waals surface area contributed by atoms with E-state index in [2.05, 4.69) is 5.32 Å². The van der Waals surface area contributed by atoms with Crippen LogP contribution in [0.3, 0.4) is 0 Å². The third kappa shape index (κ3) is 8.52. The van der Waals surface area contributed by atoms with Crippen LogP contribution in [0.2, 0.25) is 5.02 Å². The van der Waals surface area contributed by atoms with Crippen molar-refractivity contribution in [1.29, 1.82) is 0 Å². The number of aryl methyl sites for hydroxylation is 1. The van der Waals surface area contributed by atoms with E-state index >= 15 is 0 Å². The van der Waals surface area contributed by atoms with Crippen molar-refractivity contribution in [2.75, 3.05) is 25.1 Å². The topological polar surface area (TPSA) is 148 Å². The number of amides is 2. The molecule has 1 N–H and O–H groups in total. The van der Waals surface area contributed by atoms with Crippen molar-refractivity contribution in [3.05, 3.63) is 86.9 Å². The molecule has 0 radical (unpaired) electrons. The average molecular weight is 687 g/mol. The van der Waals surface area contributed by atoms with Gasteiger partial charge in [0.05, 0.1) is 29.7 Å². The molecule has 2 amide bonds. The van der Waals surface area contributed by atoms with E-state index in [1.54, 1.807) is 31.2 Å². The standard InChI is InChI=1S/C33H39ClN4O8S/c1-22-10-16-28(19-29(22)38(41)42)47(43,44)37(30-18-25(34)13-17-31(30)46-4)21-32(39)36(20-24-11-14-27(45-3)15-12-24)23(2)33(40)35-26-8-6-5-7-9-26/h10-19,23,26H,5-9,20-21H2,1-4H3,(H,35,40)/t23-/m0/s1. The summed E-state index contributed by atoms with van der Waals surface area (Å²) in [7, 11) is -1.76. The highest BCUT2D eigenvalue weighted by Crippen LogP contribution is 2.36. The number of methoxy groups -OCH3 is 2. The minimum Gasteiger partial charge on any atom is -0.497 e. The minimum absolute atomic E-state index is 0.0124. The summed E-state index contributed by atoms with van der Waals surface area (Å²) in [6.45, 7) is 2.31. The van der Waals surface area contributed by atoms with Crippen LogP contribution < -0.4 is 19.1 Å². The van der Waals surface area contributed by atoms with Gasteiger partial charge >= 0.3 is 0 Å². The van der Waals surface area contributed by atoms with Gasteiger partial charge in [-0.1, -0.05) is 49.1 Å². The largest absolute Gasteiger partial charge is 0.497 e. The second-order valence-corrected chi connectivity index (χ2v) is 13.7. The molecule has 1 atom stereocenters. The molecule has 1 saturated carbocycles. The van der Waals surface area contributed by atoms with E-state index < -0.39 is 44.0 Å². The Morgan fingerprint density at radius 3 is 2.32 bits per heavy atom. The maximum atomic E-state index is 14.3. The van der Waals surface area contributed by atoms with Gasteiger partial charge in [-0.3, -0.25) is 24.0 Å². The van der Waals surface area contributed by atoms with Crippen molar-refractivity contribution in [1.82, 2.24) is 10.2 Å². The van der Waals surface area contributed by atoms with Gasteiger partial charge in [-0.15, -0.1) is 0 Å². The Morgan fingerprint density at radius 1 is 1.02 bits per heavy atom. The first-order chi connectivity index (χ1) is 22.3. The van der Waals surface area contributed by atoms with Gasteiger partial charge in [0.25, 0.3) is 15.7 Å². The summed E-state index contributed by atoms with van der Waals surface area (Å²) in [6.07, 6.45) is 4.78. The number of rotatable bonds is 13. The summed E-state index contributed by atoms with van der Waals surface area (Å²) >= 11 is 6.29. The van der Waals surface area contributed by atoms with Crippen molar-refractivity contribution in [3.8, 4) is 11.5 Å². The highest BCUT2D eigenvalue weighted by Gasteiger charge is 2.35. The fraction of sp³-hybridized carbons (Fsp3) is 0.394. The van der Waals surface area contributed by atoms with Gasteiger partial charge in [0.15, 0.2) is 0 Å². The summed E-state index contributed by atoms with van der Waals surface area (Å²) in [4.78, 5) is 39.8. The van der Waals surface area contributed by atoms with Crippen molar-refractivity contribution in [2.45, 2.75) is 69.5 Å². The molecule has 1 fully saturated rings. The first-order valence-corrected chi connectivity index (χ1v) is 17.0. The van der Waals surface area contributed by atoms with E-state index in [0.29, 0.717) is 11.3 Å². The number of benzene rings is 3. The quantitative estimate of drug-likeness (QED) is 0.180. The fourth-order valence-corrected chi connectivity index (χ4v) is 7.13. The van der Waals surface area contributed by atoms with Crippen LogP contribution in [-0.2, 0) is 26.2 Å².